The molecule has 2 N–H and O–H groups in total. The maximum Gasteiger partial charge on any atom is 0.323 e. The quantitative estimate of drug-likeness (QED) is 0.796. The highest BCUT2D eigenvalue weighted by Gasteiger charge is 2.17. The van der Waals surface area contributed by atoms with Gasteiger partial charge in [-0.15, -0.1) is 0 Å². The van der Waals surface area contributed by atoms with E-state index < -0.39 is 6.03 Å². The Morgan fingerprint density at radius 3 is 2.70 bits per heavy atom. The topological polar surface area (TPSA) is 64.2 Å². The molecule has 2 amide bonds. The van der Waals surface area contributed by atoms with E-state index in [1.54, 1.807) is 18.5 Å². The largest absolute Gasteiger partial charge is 0.351 e. The summed E-state index contributed by atoms with van der Waals surface area (Å²) in [6, 6.07) is 9.07. The van der Waals surface area contributed by atoms with E-state index >= 15 is 0 Å². The molecule has 0 aliphatic carbocycles. The van der Waals surface area contributed by atoms with Crippen LogP contribution in [0.4, 0.5) is 16.2 Å². The number of nitrogens with two attached hydrogens (primary N) is 1. The van der Waals surface area contributed by atoms with Crippen LogP contribution in [0.5, 0.6) is 0 Å². The number of nitrogens with zero attached hydrogens (tertiary/aromatic N) is 3. The maximum atomic E-state index is 12.0. The van der Waals surface area contributed by atoms with Crippen molar-refractivity contribution in [2.75, 3.05) is 4.90 Å². The lowest BCUT2D eigenvalue weighted by Crippen LogP contribution is -2.31. The van der Waals surface area contributed by atoms with Crippen molar-refractivity contribution >= 4 is 28.3 Å². The summed E-state index contributed by atoms with van der Waals surface area (Å²) in [4.78, 5) is 17.5. The molecule has 0 aliphatic rings. The zero-order chi connectivity index (χ0) is 16.4. The lowest BCUT2D eigenvalue weighted by atomic mass is 10.1. The molecule has 0 spiro atoms. The minimum absolute atomic E-state index is 0.523. The van der Waals surface area contributed by atoms with Crippen molar-refractivity contribution in [3.63, 3.8) is 0 Å². The second kappa shape index (κ2) is 6.12. The molecule has 1 aromatic carbocycles. The molecule has 0 bridgehead atoms. The summed E-state index contributed by atoms with van der Waals surface area (Å²) in [5, 5.41) is 1.15. The highest BCUT2D eigenvalue weighted by Crippen LogP contribution is 2.30. The van der Waals surface area contributed by atoms with Gasteiger partial charge in [0.05, 0.1) is 17.6 Å². The molecule has 2 heterocycles. The van der Waals surface area contributed by atoms with Gasteiger partial charge in [-0.05, 0) is 49.2 Å². The molecular weight excluding hydrogens is 288 g/mol. The minimum atomic E-state index is -0.523. The van der Waals surface area contributed by atoms with E-state index in [0.717, 1.165) is 24.0 Å². The first kappa shape index (κ1) is 15.1. The Bertz CT molecular complexity index is 839. The number of rotatable bonds is 4. The van der Waals surface area contributed by atoms with E-state index in [0.29, 0.717) is 5.69 Å². The number of amides is 2. The van der Waals surface area contributed by atoms with Crippen LogP contribution in [0.3, 0.4) is 0 Å². The fraction of sp³-hybridized carbons (Fsp3) is 0.222. The monoisotopic (exact) mass is 308 g/mol. The molecule has 23 heavy (non-hydrogen) atoms. The number of benzene rings is 1. The Kier molecular flexibility index (Phi) is 4.02. The summed E-state index contributed by atoms with van der Waals surface area (Å²) in [6.45, 7) is 5.17. The number of hydrogen-bond donors (Lipinski definition) is 1. The van der Waals surface area contributed by atoms with Gasteiger partial charge in [0.2, 0.25) is 0 Å². The van der Waals surface area contributed by atoms with Gasteiger partial charge in [-0.25, -0.2) is 4.79 Å². The molecule has 0 radical (unpaired) electrons. The normalized spacial score (nSPS) is 10.9. The van der Waals surface area contributed by atoms with Gasteiger partial charge >= 0.3 is 6.03 Å². The highest BCUT2D eigenvalue weighted by molar-refractivity contribution is 6.00. The van der Waals surface area contributed by atoms with Crippen LogP contribution >= 0.6 is 0 Å². The standard InChI is InChI=1S/C18H20N4O/c1-3-13-12-21(4-2)17-8-7-14(10-16(13)17)22(18(19)23)15-6-5-9-20-11-15/h5-12H,3-4H2,1-2H3,(H2,19,23). The fourth-order valence-electron chi connectivity index (χ4n) is 2.93. The number of urea groups is 1. The van der Waals surface area contributed by atoms with E-state index in [-0.39, 0.29) is 0 Å². The number of aromatic nitrogens is 2. The van der Waals surface area contributed by atoms with Crippen LogP contribution in [0.1, 0.15) is 19.4 Å². The van der Waals surface area contributed by atoms with E-state index in [4.69, 9.17) is 5.73 Å². The first-order chi connectivity index (χ1) is 11.2. The number of pyridine rings is 1. The van der Waals surface area contributed by atoms with Gasteiger partial charge in [0.1, 0.15) is 0 Å². The smallest absolute Gasteiger partial charge is 0.323 e. The van der Waals surface area contributed by atoms with Gasteiger partial charge in [0.25, 0.3) is 0 Å². The van der Waals surface area contributed by atoms with Crippen LogP contribution in [0.15, 0.2) is 48.9 Å². The van der Waals surface area contributed by atoms with Gasteiger partial charge in [-0.1, -0.05) is 6.92 Å². The van der Waals surface area contributed by atoms with E-state index in [2.05, 4.69) is 29.6 Å². The zero-order valence-electron chi connectivity index (χ0n) is 13.4. The maximum absolute atomic E-state index is 12.0. The van der Waals surface area contributed by atoms with Crippen LogP contribution in [0.25, 0.3) is 10.9 Å². The summed E-state index contributed by atoms with van der Waals surface area (Å²) >= 11 is 0. The molecule has 0 fully saturated rings. The zero-order valence-corrected chi connectivity index (χ0v) is 13.4. The van der Waals surface area contributed by atoms with Crippen molar-refractivity contribution < 1.29 is 4.79 Å². The van der Waals surface area contributed by atoms with Crippen molar-refractivity contribution in [3.05, 3.63) is 54.5 Å². The Hall–Kier alpha value is -2.82. The molecular formula is C18H20N4O. The number of anilines is 2. The number of aryl methyl sites for hydroxylation is 2. The van der Waals surface area contributed by atoms with E-state index in [1.165, 1.54) is 16.0 Å². The van der Waals surface area contributed by atoms with Gasteiger partial charge in [0.15, 0.2) is 0 Å². The van der Waals surface area contributed by atoms with Crippen molar-refractivity contribution in [3.8, 4) is 0 Å². The Morgan fingerprint density at radius 2 is 2.09 bits per heavy atom. The summed E-state index contributed by atoms with van der Waals surface area (Å²) < 4.78 is 2.22. The van der Waals surface area contributed by atoms with E-state index in [1.807, 2.05) is 24.3 Å². The van der Waals surface area contributed by atoms with Crippen molar-refractivity contribution in [1.82, 2.24) is 9.55 Å². The average Bonchev–Trinajstić information content (AvgIpc) is 2.93. The number of primary amides is 1. The summed E-state index contributed by atoms with van der Waals surface area (Å²) in [5.41, 5.74) is 9.45. The highest BCUT2D eigenvalue weighted by atomic mass is 16.2. The third-order valence-electron chi connectivity index (χ3n) is 4.05. The second-order valence-corrected chi connectivity index (χ2v) is 5.38. The summed E-state index contributed by atoms with van der Waals surface area (Å²) in [7, 11) is 0. The molecule has 5 nitrogen and oxygen atoms in total. The predicted molar refractivity (Wildman–Crippen MR) is 92.9 cm³/mol. The summed E-state index contributed by atoms with van der Waals surface area (Å²) in [5.74, 6) is 0. The number of carbonyl (C=O) groups excluding carboxylic acids is 1. The molecule has 118 valence electrons. The molecule has 2 aromatic heterocycles. The molecule has 0 aliphatic heterocycles. The Balaban J connectivity index is 2.16. The van der Waals surface area contributed by atoms with Gasteiger partial charge < -0.3 is 10.3 Å². The van der Waals surface area contributed by atoms with Gasteiger partial charge in [-0.3, -0.25) is 9.88 Å². The molecule has 0 unspecified atom stereocenters. The van der Waals surface area contributed by atoms with Crippen molar-refractivity contribution in [2.45, 2.75) is 26.8 Å². The molecule has 5 heteroatoms. The fourth-order valence-corrected chi connectivity index (χ4v) is 2.93. The van der Waals surface area contributed by atoms with Crippen LogP contribution in [0.2, 0.25) is 0 Å². The van der Waals surface area contributed by atoms with Crippen molar-refractivity contribution in [2.24, 2.45) is 5.73 Å². The third-order valence-corrected chi connectivity index (χ3v) is 4.05. The van der Waals surface area contributed by atoms with E-state index in [9.17, 15) is 4.79 Å². The molecule has 3 rings (SSSR count). The lowest BCUT2D eigenvalue weighted by molar-refractivity contribution is 0.256. The summed E-state index contributed by atoms with van der Waals surface area (Å²) in [6.07, 6.45) is 6.42. The SMILES string of the molecule is CCc1cn(CC)c2ccc(N(C(N)=O)c3cccnc3)cc12. The number of carbonyl (C=O) groups is 1. The van der Waals surface area contributed by atoms with Crippen molar-refractivity contribution in [1.29, 1.82) is 0 Å². The first-order valence-electron chi connectivity index (χ1n) is 7.77. The van der Waals surface area contributed by atoms with Gasteiger partial charge in [-0.2, -0.15) is 0 Å². The first-order valence-corrected chi connectivity index (χ1v) is 7.77. The minimum Gasteiger partial charge on any atom is -0.351 e. The molecule has 0 saturated heterocycles. The Morgan fingerprint density at radius 1 is 1.26 bits per heavy atom. The van der Waals surface area contributed by atoms with Crippen LogP contribution in [-0.4, -0.2) is 15.6 Å². The third kappa shape index (κ3) is 2.65. The van der Waals surface area contributed by atoms with Gasteiger partial charge in [0, 0.05) is 29.8 Å². The second-order valence-electron chi connectivity index (χ2n) is 5.38. The van der Waals surface area contributed by atoms with Crippen LogP contribution < -0.4 is 10.6 Å². The average molecular weight is 308 g/mol. The molecule has 0 atom stereocenters. The number of fused-ring (bicyclic) bond motifs is 1. The van der Waals surface area contributed by atoms with Crippen LogP contribution in [-0.2, 0) is 13.0 Å². The molecule has 3 aromatic rings. The van der Waals surface area contributed by atoms with Crippen LogP contribution in [0, 0.1) is 0 Å². The number of hydrogen-bond acceptors (Lipinski definition) is 2. The molecule has 0 saturated carbocycles. The lowest BCUT2D eigenvalue weighted by Gasteiger charge is -2.20. The Labute approximate surface area is 135 Å². The predicted octanol–water partition coefficient (Wildman–Crippen LogP) is 3.84.